The zero-order valence-corrected chi connectivity index (χ0v) is 16.8. The van der Waals surface area contributed by atoms with Crippen molar-refractivity contribution < 1.29 is 17.6 Å². The Morgan fingerprint density at radius 1 is 1.19 bits per heavy atom. The van der Waals surface area contributed by atoms with Gasteiger partial charge in [-0.3, -0.25) is 4.79 Å². The summed E-state index contributed by atoms with van der Waals surface area (Å²) in [6, 6.07) is 12.3. The molecule has 0 fully saturated rings. The first-order valence-corrected chi connectivity index (χ1v) is 10.9. The maximum absolute atomic E-state index is 13.3. The summed E-state index contributed by atoms with van der Waals surface area (Å²) in [5, 5.41) is 3.66. The minimum atomic E-state index is -3.74. The molecule has 0 saturated heterocycles. The molecule has 2 aromatic heterocycles. The fraction of sp³-hybridized carbons (Fsp3) is 0.250. The number of benzene rings is 1. The first-order valence-electron chi connectivity index (χ1n) is 8.51. The van der Waals surface area contributed by atoms with Gasteiger partial charge >= 0.3 is 0 Å². The molecule has 0 radical (unpaired) electrons. The molecule has 5 nitrogen and oxygen atoms in total. The van der Waals surface area contributed by atoms with E-state index in [1.165, 1.54) is 17.6 Å². The van der Waals surface area contributed by atoms with Crippen LogP contribution in [0.15, 0.2) is 63.4 Å². The van der Waals surface area contributed by atoms with Crippen molar-refractivity contribution in [2.45, 2.75) is 30.4 Å². The minimum Gasteiger partial charge on any atom is -0.468 e. The molecule has 0 aliphatic carbocycles. The number of aryl methyl sites for hydroxylation is 2. The molecule has 3 aromatic rings. The average Bonchev–Trinajstić information content (AvgIpc) is 3.31. The summed E-state index contributed by atoms with van der Waals surface area (Å²) in [7, 11) is -3.74. The average molecular weight is 404 g/mol. The van der Waals surface area contributed by atoms with Crippen LogP contribution < -0.4 is 5.32 Å². The number of carbonyl (C=O) groups is 1. The van der Waals surface area contributed by atoms with Gasteiger partial charge in [0.1, 0.15) is 11.0 Å². The first-order chi connectivity index (χ1) is 12.9. The number of hydrogen-bond acceptors (Lipinski definition) is 5. The standard InChI is InChI=1S/C20H21NO4S2/c1-14-7-8-15(2)18(11-14)27(23,24)19(17-6-3-9-25-17)13-21-20(22)12-16-5-4-10-26-16/h3-11,19H,12-13H2,1-2H3,(H,21,22)/t19-/m1/s1. The normalized spacial score (nSPS) is 12.7. The van der Waals surface area contributed by atoms with Crippen molar-refractivity contribution in [3.63, 3.8) is 0 Å². The highest BCUT2D eigenvalue weighted by molar-refractivity contribution is 7.91. The van der Waals surface area contributed by atoms with Gasteiger partial charge in [0.15, 0.2) is 9.84 Å². The Hall–Kier alpha value is -2.38. The predicted molar refractivity (Wildman–Crippen MR) is 106 cm³/mol. The summed E-state index contributed by atoms with van der Waals surface area (Å²) in [4.78, 5) is 13.4. The topological polar surface area (TPSA) is 76.4 Å². The number of nitrogens with one attached hydrogen (secondary N) is 1. The van der Waals surface area contributed by atoms with E-state index in [1.807, 2.05) is 30.5 Å². The van der Waals surface area contributed by atoms with E-state index in [-0.39, 0.29) is 23.8 Å². The summed E-state index contributed by atoms with van der Waals surface area (Å²) in [5.74, 6) is 0.0949. The summed E-state index contributed by atoms with van der Waals surface area (Å²) >= 11 is 1.49. The largest absolute Gasteiger partial charge is 0.468 e. The van der Waals surface area contributed by atoms with Gasteiger partial charge in [-0.2, -0.15) is 0 Å². The van der Waals surface area contributed by atoms with E-state index in [0.29, 0.717) is 11.3 Å². The molecule has 142 valence electrons. The van der Waals surface area contributed by atoms with Crippen LogP contribution in [0.4, 0.5) is 0 Å². The summed E-state index contributed by atoms with van der Waals surface area (Å²) < 4.78 is 32.0. The SMILES string of the molecule is Cc1ccc(C)c(S(=O)(=O)[C@H](CNC(=O)Cc2cccs2)c2ccco2)c1. The highest BCUT2D eigenvalue weighted by atomic mass is 32.2. The molecule has 1 aromatic carbocycles. The van der Waals surface area contributed by atoms with E-state index in [2.05, 4.69) is 5.32 Å². The van der Waals surface area contributed by atoms with E-state index >= 15 is 0 Å². The molecule has 1 N–H and O–H groups in total. The van der Waals surface area contributed by atoms with Crippen LogP contribution in [0.25, 0.3) is 0 Å². The summed E-state index contributed by atoms with van der Waals surface area (Å²) in [6.45, 7) is 3.57. The number of sulfone groups is 1. The molecule has 0 aliphatic rings. The molecular weight excluding hydrogens is 382 g/mol. The van der Waals surface area contributed by atoms with Crippen molar-refractivity contribution in [1.82, 2.24) is 5.32 Å². The number of amides is 1. The minimum absolute atomic E-state index is 0.0482. The lowest BCUT2D eigenvalue weighted by Gasteiger charge is -2.18. The van der Waals surface area contributed by atoms with Crippen LogP contribution in [-0.4, -0.2) is 20.9 Å². The second-order valence-corrected chi connectivity index (χ2v) is 9.51. The highest BCUT2D eigenvalue weighted by Crippen LogP contribution is 2.31. The van der Waals surface area contributed by atoms with E-state index in [9.17, 15) is 13.2 Å². The molecule has 0 saturated carbocycles. The lowest BCUT2D eigenvalue weighted by Crippen LogP contribution is -2.32. The molecular formula is C20H21NO4S2. The smallest absolute Gasteiger partial charge is 0.225 e. The van der Waals surface area contributed by atoms with Crippen molar-refractivity contribution in [1.29, 1.82) is 0 Å². The zero-order valence-electron chi connectivity index (χ0n) is 15.1. The molecule has 3 rings (SSSR count). The van der Waals surface area contributed by atoms with Crippen LogP contribution in [0.1, 0.15) is 27.0 Å². The van der Waals surface area contributed by atoms with Gasteiger partial charge in [0, 0.05) is 11.4 Å². The summed E-state index contributed by atoms with van der Waals surface area (Å²) in [6.07, 6.45) is 1.67. The van der Waals surface area contributed by atoms with Crippen LogP contribution >= 0.6 is 11.3 Å². The molecule has 0 spiro atoms. The van der Waals surface area contributed by atoms with Gasteiger partial charge in [-0.1, -0.05) is 18.2 Å². The molecule has 27 heavy (non-hydrogen) atoms. The van der Waals surface area contributed by atoms with E-state index < -0.39 is 15.1 Å². The fourth-order valence-corrected chi connectivity index (χ4v) is 5.46. The van der Waals surface area contributed by atoms with Crippen LogP contribution in [0.5, 0.6) is 0 Å². The van der Waals surface area contributed by atoms with Gasteiger partial charge in [-0.05, 0) is 54.6 Å². The van der Waals surface area contributed by atoms with Crippen LogP contribution in [-0.2, 0) is 21.1 Å². The Morgan fingerprint density at radius 2 is 2.00 bits per heavy atom. The molecule has 0 aliphatic heterocycles. The number of rotatable bonds is 7. The molecule has 2 heterocycles. The van der Waals surface area contributed by atoms with Gasteiger partial charge in [0.25, 0.3) is 0 Å². The third-order valence-corrected chi connectivity index (χ3v) is 7.36. The number of hydrogen-bond donors (Lipinski definition) is 1. The van der Waals surface area contributed by atoms with Crippen molar-refractivity contribution in [2.75, 3.05) is 6.54 Å². The Morgan fingerprint density at radius 3 is 2.67 bits per heavy atom. The van der Waals surface area contributed by atoms with Gasteiger partial charge in [-0.25, -0.2) is 8.42 Å². The monoisotopic (exact) mass is 403 g/mol. The van der Waals surface area contributed by atoms with Gasteiger partial charge in [-0.15, -0.1) is 11.3 Å². The zero-order chi connectivity index (χ0) is 19.4. The van der Waals surface area contributed by atoms with Crippen molar-refractivity contribution in [3.05, 3.63) is 75.9 Å². The van der Waals surface area contributed by atoms with E-state index in [4.69, 9.17) is 4.42 Å². The summed E-state index contributed by atoms with van der Waals surface area (Å²) in [5.41, 5.74) is 1.53. The molecule has 0 unspecified atom stereocenters. The van der Waals surface area contributed by atoms with Gasteiger partial charge in [0.05, 0.1) is 17.6 Å². The van der Waals surface area contributed by atoms with Crippen molar-refractivity contribution in [2.24, 2.45) is 0 Å². The third-order valence-electron chi connectivity index (χ3n) is 4.28. The molecule has 7 heteroatoms. The van der Waals surface area contributed by atoms with Crippen molar-refractivity contribution in [3.8, 4) is 0 Å². The van der Waals surface area contributed by atoms with Crippen LogP contribution in [0.3, 0.4) is 0 Å². The molecule has 1 atom stereocenters. The third kappa shape index (κ3) is 4.48. The Balaban J connectivity index is 1.85. The number of thiophene rings is 1. The Labute approximate surface area is 163 Å². The van der Waals surface area contributed by atoms with Gasteiger partial charge in [0.2, 0.25) is 5.91 Å². The fourth-order valence-electron chi connectivity index (χ4n) is 2.85. The molecule has 0 bridgehead atoms. The van der Waals surface area contributed by atoms with Gasteiger partial charge < -0.3 is 9.73 Å². The number of furan rings is 1. The van der Waals surface area contributed by atoms with E-state index in [0.717, 1.165) is 10.4 Å². The lowest BCUT2D eigenvalue weighted by molar-refractivity contribution is -0.120. The lowest BCUT2D eigenvalue weighted by atomic mass is 10.2. The maximum Gasteiger partial charge on any atom is 0.225 e. The first kappa shape index (κ1) is 19.4. The Kier molecular flexibility index (Phi) is 5.82. The molecule has 1 amide bonds. The van der Waals surface area contributed by atoms with Crippen LogP contribution in [0.2, 0.25) is 0 Å². The highest BCUT2D eigenvalue weighted by Gasteiger charge is 2.33. The number of carbonyl (C=O) groups excluding carboxylic acids is 1. The van der Waals surface area contributed by atoms with Crippen LogP contribution in [0, 0.1) is 13.8 Å². The second-order valence-electron chi connectivity index (χ2n) is 6.38. The second kappa shape index (κ2) is 8.10. The Bertz CT molecular complexity index is 1010. The maximum atomic E-state index is 13.3. The van der Waals surface area contributed by atoms with E-state index in [1.54, 1.807) is 31.2 Å². The quantitative estimate of drug-likeness (QED) is 0.650. The predicted octanol–water partition coefficient (Wildman–Crippen LogP) is 3.83. The van der Waals surface area contributed by atoms with Crippen molar-refractivity contribution >= 4 is 27.1 Å².